The molecule has 0 saturated carbocycles. The lowest BCUT2D eigenvalue weighted by atomic mass is 9.97. The van der Waals surface area contributed by atoms with Crippen molar-refractivity contribution in [2.75, 3.05) is 18.0 Å². The number of halogens is 1. The van der Waals surface area contributed by atoms with Crippen LogP contribution in [0.1, 0.15) is 24.1 Å². The van der Waals surface area contributed by atoms with Gasteiger partial charge in [0.1, 0.15) is 5.82 Å². The van der Waals surface area contributed by atoms with E-state index in [1.165, 1.54) is 12.1 Å². The summed E-state index contributed by atoms with van der Waals surface area (Å²) in [7, 11) is 0. The number of amides is 1. The van der Waals surface area contributed by atoms with E-state index >= 15 is 0 Å². The standard InChI is InChI=1S/C20H22FN5O/c1-14-5-2-9-18-23-24-20(26(14)18)25-10-4-7-16(13-25)19(27)22-12-15-6-3-8-17(21)11-15/h2-3,5-6,8-9,11,16H,4,7,10,12-13H2,1H3,(H,22,27). The van der Waals surface area contributed by atoms with Gasteiger partial charge in [0.2, 0.25) is 11.9 Å². The highest BCUT2D eigenvalue weighted by Crippen LogP contribution is 2.23. The number of aryl methyl sites for hydroxylation is 1. The molecule has 1 unspecified atom stereocenters. The van der Waals surface area contributed by atoms with Crippen LogP contribution in [0.4, 0.5) is 10.3 Å². The smallest absolute Gasteiger partial charge is 0.231 e. The van der Waals surface area contributed by atoms with Crippen molar-refractivity contribution in [2.24, 2.45) is 5.92 Å². The van der Waals surface area contributed by atoms with Crippen LogP contribution in [0.5, 0.6) is 0 Å². The second-order valence-electron chi connectivity index (χ2n) is 6.99. The highest BCUT2D eigenvalue weighted by Gasteiger charge is 2.28. The number of rotatable bonds is 4. The monoisotopic (exact) mass is 367 g/mol. The molecule has 1 N–H and O–H groups in total. The predicted molar refractivity (Wildman–Crippen MR) is 101 cm³/mol. The third-order valence-corrected chi connectivity index (χ3v) is 5.04. The molecule has 0 radical (unpaired) electrons. The molecule has 1 amide bonds. The van der Waals surface area contributed by atoms with Crippen molar-refractivity contribution in [3.05, 3.63) is 59.5 Å². The zero-order valence-corrected chi connectivity index (χ0v) is 15.2. The fourth-order valence-corrected chi connectivity index (χ4v) is 3.64. The average molecular weight is 367 g/mol. The molecule has 1 aromatic carbocycles. The van der Waals surface area contributed by atoms with Crippen LogP contribution in [-0.4, -0.2) is 33.6 Å². The van der Waals surface area contributed by atoms with Crippen LogP contribution in [0.3, 0.4) is 0 Å². The van der Waals surface area contributed by atoms with Crippen LogP contribution in [0.25, 0.3) is 5.65 Å². The molecular weight excluding hydrogens is 345 g/mol. The van der Waals surface area contributed by atoms with Crippen molar-refractivity contribution < 1.29 is 9.18 Å². The molecule has 1 aliphatic heterocycles. The number of hydrogen-bond acceptors (Lipinski definition) is 4. The topological polar surface area (TPSA) is 62.5 Å². The van der Waals surface area contributed by atoms with Crippen LogP contribution < -0.4 is 10.2 Å². The summed E-state index contributed by atoms with van der Waals surface area (Å²) in [6.45, 7) is 3.81. The second-order valence-corrected chi connectivity index (χ2v) is 6.99. The molecule has 4 rings (SSSR count). The van der Waals surface area contributed by atoms with Gasteiger partial charge in [0.05, 0.1) is 5.92 Å². The number of anilines is 1. The van der Waals surface area contributed by atoms with E-state index in [1.807, 2.05) is 35.6 Å². The van der Waals surface area contributed by atoms with Crippen molar-refractivity contribution in [3.8, 4) is 0 Å². The molecule has 3 aromatic rings. The Morgan fingerprint density at radius 1 is 1.26 bits per heavy atom. The van der Waals surface area contributed by atoms with Gasteiger partial charge in [-0.05, 0) is 49.6 Å². The maximum Gasteiger partial charge on any atom is 0.231 e. The van der Waals surface area contributed by atoms with E-state index in [1.54, 1.807) is 6.07 Å². The van der Waals surface area contributed by atoms with Gasteiger partial charge in [-0.3, -0.25) is 9.20 Å². The second kappa shape index (κ2) is 7.34. The molecule has 1 atom stereocenters. The molecule has 0 spiro atoms. The number of nitrogens with one attached hydrogen (secondary N) is 1. The zero-order valence-electron chi connectivity index (χ0n) is 15.2. The predicted octanol–water partition coefficient (Wildman–Crippen LogP) is 2.71. The van der Waals surface area contributed by atoms with Gasteiger partial charge < -0.3 is 10.2 Å². The molecule has 1 aliphatic rings. The lowest BCUT2D eigenvalue weighted by Crippen LogP contribution is -2.43. The van der Waals surface area contributed by atoms with Crippen molar-refractivity contribution in [3.63, 3.8) is 0 Å². The summed E-state index contributed by atoms with van der Waals surface area (Å²) in [4.78, 5) is 14.8. The number of carbonyl (C=O) groups excluding carboxylic acids is 1. The van der Waals surface area contributed by atoms with Crippen LogP contribution in [0.2, 0.25) is 0 Å². The maximum atomic E-state index is 13.3. The molecule has 27 heavy (non-hydrogen) atoms. The number of carbonyl (C=O) groups is 1. The third-order valence-electron chi connectivity index (χ3n) is 5.04. The minimum Gasteiger partial charge on any atom is -0.352 e. The number of hydrogen-bond donors (Lipinski definition) is 1. The quantitative estimate of drug-likeness (QED) is 0.770. The van der Waals surface area contributed by atoms with E-state index in [0.717, 1.165) is 42.2 Å². The van der Waals surface area contributed by atoms with E-state index < -0.39 is 0 Å². The third kappa shape index (κ3) is 3.63. The first-order chi connectivity index (χ1) is 13.1. The Labute approximate surface area is 157 Å². The molecular formula is C20H22FN5O. The van der Waals surface area contributed by atoms with Gasteiger partial charge in [-0.15, -0.1) is 10.2 Å². The fourth-order valence-electron chi connectivity index (χ4n) is 3.64. The Hall–Kier alpha value is -2.96. The van der Waals surface area contributed by atoms with Crippen LogP contribution in [-0.2, 0) is 11.3 Å². The number of pyridine rings is 1. The Morgan fingerprint density at radius 3 is 2.96 bits per heavy atom. The van der Waals surface area contributed by atoms with Crippen LogP contribution in [0.15, 0.2) is 42.5 Å². The van der Waals surface area contributed by atoms with Gasteiger partial charge >= 0.3 is 0 Å². The van der Waals surface area contributed by atoms with Gasteiger partial charge in [0.25, 0.3) is 0 Å². The van der Waals surface area contributed by atoms with E-state index in [4.69, 9.17) is 0 Å². The molecule has 3 heterocycles. The number of fused-ring (bicyclic) bond motifs is 1. The normalized spacial score (nSPS) is 17.3. The summed E-state index contributed by atoms with van der Waals surface area (Å²) in [6, 6.07) is 12.2. The lowest BCUT2D eigenvalue weighted by Gasteiger charge is -2.32. The van der Waals surface area contributed by atoms with Gasteiger partial charge in [-0.2, -0.15) is 0 Å². The Kier molecular flexibility index (Phi) is 4.75. The first-order valence-electron chi connectivity index (χ1n) is 9.19. The number of benzene rings is 1. The van der Waals surface area contributed by atoms with Gasteiger partial charge in [0, 0.05) is 25.3 Å². The number of piperidine rings is 1. The summed E-state index contributed by atoms with van der Waals surface area (Å²) >= 11 is 0. The summed E-state index contributed by atoms with van der Waals surface area (Å²) in [5.41, 5.74) is 2.63. The van der Waals surface area contributed by atoms with Crippen molar-refractivity contribution in [2.45, 2.75) is 26.3 Å². The molecule has 7 heteroatoms. The van der Waals surface area contributed by atoms with E-state index in [2.05, 4.69) is 20.4 Å². The van der Waals surface area contributed by atoms with Crippen molar-refractivity contribution in [1.29, 1.82) is 0 Å². The van der Waals surface area contributed by atoms with Gasteiger partial charge in [-0.1, -0.05) is 18.2 Å². The summed E-state index contributed by atoms with van der Waals surface area (Å²) in [5.74, 6) is 0.364. The van der Waals surface area contributed by atoms with E-state index in [0.29, 0.717) is 13.1 Å². The van der Waals surface area contributed by atoms with Crippen molar-refractivity contribution >= 4 is 17.5 Å². The SMILES string of the molecule is Cc1cccc2nnc(N3CCCC(C(=O)NCc4cccc(F)c4)C3)n12. The first-order valence-corrected chi connectivity index (χ1v) is 9.19. The minimum absolute atomic E-state index is 0.00509. The summed E-state index contributed by atoms with van der Waals surface area (Å²) < 4.78 is 15.3. The summed E-state index contributed by atoms with van der Waals surface area (Å²) in [5, 5.41) is 11.5. The average Bonchev–Trinajstić information content (AvgIpc) is 3.12. The van der Waals surface area contributed by atoms with Crippen LogP contribution >= 0.6 is 0 Å². The number of aromatic nitrogens is 3. The zero-order chi connectivity index (χ0) is 18.8. The largest absolute Gasteiger partial charge is 0.352 e. The number of nitrogens with zero attached hydrogens (tertiary/aromatic N) is 4. The Morgan fingerprint density at radius 2 is 2.11 bits per heavy atom. The Bertz CT molecular complexity index is 970. The highest BCUT2D eigenvalue weighted by atomic mass is 19.1. The molecule has 1 fully saturated rings. The minimum atomic E-state index is -0.292. The first kappa shape index (κ1) is 17.5. The summed E-state index contributed by atoms with van der Waals surface area (Å²) in [6.07, 6.45) is 1.75. The lowest BCUT2D eigenvalue weighted by molar-refractivity contribution is -0.125. The fraction of sp³-hybridized carbons (Fsp3) is 0.350. The Balaban J connectivity index is 1.45. The highest BCUT2D eigenvalue weighted by molar-refractivity contribution is 5.79. The van der Waals surface area contributed by atoms with Crippen LogP contribution in [0, 0.1) is 18.7 Å². The van der Waals surface area contributed by atoms with Gasteiger partial charge in [0.15, 0.2) is 5.65 Å². The molecule has 140 valence electrons. The maximum absolute atomic E-state index is 13.3. The van der Waals surface area contributed by atoms with Crippen molar-refractivity contribution in [1.82, 2.24) is 19.9 Å². The molecule has 2 aromatic heterocycles. The molecule has 6 nitrogen and oxygen atoms in total. The molecule has 0 aliphatic carbocycles. The molecule has 1 saturated heterocycles. The van der Waals surface area contributed by atoms with Gasteiger partial charge in [-0.25, -0.2) is 4.39 Å². The van der Waals surface area contributed by atoms with E-state index in [9.17, 15) is 9.18 Å². The molecule has 0 bridgehead atoms. The van der Waals surface area contributed by atoms with E-state index in [-0.39, 0.29) is 17.6 Å².